The Morgan fingerprint density at radius 3 is 2.92 bits per heavy atom. The molecule has 1 amide bonds. The maximum atomic E-state index is 12.1. The van der Waals surface area contributed by atoms with Crippen molar-refractivity contribution in [3.8, 4) is 0 Å². The van der Waals surface area contributed by atoms with Crippen molar-refractivity contribution >= 4 is 26.6 Å². The summed E-state index contributed by atoms with van der Waals surface area (Å²) in [4.78, 5) is 15.4. The van der Waals surface area contributed by atoms with E-state index in [-0.39, 0.29) is 30.0 Å². The number of H-pyrrole nitrogens is 1. The molecule has 128 valence electrons. The van der Waals surface area contributed by atoms with Crippen LogP contribution in [0, 0.1) is 12.8 Å². The number of sulfone groups is 1. The molecule has 0 aliphatic carbocycles. The molecular formula is C18H22N2O3S. The Morgan fingerprint density at radius 2 is 2.21 bits per heavy atom. The van der Waals surface area contributed by atoms with E-state index < -0.39 is 9.84 Å². The number of hydrogen-bond donors (Lipinski definition) is 2. The number of aryl methyl sites for hydroxylation is 1. The minimum Gasteiger partial charge on any atom is -0.361 e. The van der Waals surface area contributed by atoms with Crippen molar-refractivity contribution in [2.45, 2.75) is 32.7 Å². The minimum absolute atomic E-state index is 0.0141. The highest BCUT2D eigenvalue weighted by atomic mass is 32.2. The molecule has 2 atom stereocenters. The third-order valence-corrected chi connectivity index (χ3v) is 5.77. The zero-order valence-electron chi connectivity index (χ0n) is 13.9. The molecule has 6 heteroatoms. The topological polar surface area (TPSA) is 79.0 Å². The van der Waals surface area contributed by atoms with E-state index in [1.54, 1.807) is 6.08 Å². The largest absolute Gasteiger partial charge is 0.361 e. The van der Waals surface area contributed by atoms with Crippen molar-refractivity contribution in [3.05, 3.63) is 47.0 Å². The quantitative estimate of drug-likeness (QED) is 0.873. The number of amides is 1. The molecule has 0 saturated carbocycles. The smallest absolute Gasteiger partial charge is 0.220 e. The van der Waals surface area contributed by atoms with Crippen LogP contribution in [-0.4, -0.2) is 31.1 Å². The fraction of sp³-hybridized carbons (Fsp3) is 0.389. The van der Waals surface area contributed by atoms with Crippen LogP contribution in [-0.2, 0) is 21.1 Å². The Balaban J connectivity index is 1.58. The Hall–Kier alpha value is -2.08. The Morgan fingerprint density at radius 1 is 1.42 bits per heavy atom. The van der Waals surface area contributed by atoms with E-state index in [4.69, 9.17) is 0 Å². The third-order valence-electron chi connectivity index (χ3n) is 4.31. The van der Waals surface area contributed by atoms with Gasteiger partial charge < -0.3 is 10.3 Å². The molecule has 2 N–H and O–H groups in total. The molecular weight excluding hydrogens is 324 g/mol. The Kier molecular flexibility index (Phi) is 4.49. The predicted octanol–water partition coefficient (Wildman–Crippen LogP) is 2.47. The van der Waals surface area contributed by atoms with Gasteiger partial charge in [0, 0.05) is 40.9 Å². The first-order chi connectivity index (χ1) is 11.3. The fourth-order valence-electron chi connectivity index (χ4n) is 3.19. The SMILES string of the molecule is Cc1ccc2c(CC(C)NC(=O)CC3C=CS(=O)(=O)C3)c[nH]c2c1. The van der Waals surface area contributed by atoms with Gasteiger partial charge in [-0.15, -0.1) is 0 Å². The number of aromatic amines is 1. The van der Waals surface area contributed by atoms with Gasteiger partial charge in [-0.25, -0.2) is 8.42 Å². The molecule has 24 heavy (non-hydrogen) atoms. The molecule has 2 aromatic rings. The lowest BCUT2D eigenvalue weighted by molar-refractivity contribution is -0.122. The molecule has 0 fully saturated rings. The highest BCUT2D eigenvalue weighted by Gasteiger charge is 2.24. The van der Waals surface area contributed by atoms with Crippen molar-refractivity contribution in [1.82, 2.24) is 10.3 Å². The summed E-state index contributed by atoms with van der Waals surface area (Å²) in [6.07, 6.45) is 4.54. The monoisotopic (exact) mass is 346 g/mol. The van der Waals surface area contributed by atoms with Crippen LogP contribution in [0.1, 0.15) is 24.5 Å². The number of aromatic nitrogens is 1. The summed E-state index contributed by atoms with van der Waals surface area (Å²) in [7, 11) is -3.10. The summed E-state index contributed by atoms with van der Waals surface area (Å²) < 4.78 is 22.8. The average molecular weight is 346 g/mol. The molecule has 0 radical (unpaired) electrons. The molecule has 2 heterocycles. The van der Waals surface area contributed by atoms with E-state index in [1.807, 2.05) is 13.1 Å². The van der Waals surface area contributed by atoms with Gasteiger partial charge in [0.15, 0.2) is 9.84 Å². The van der Waals surface area contributed by atoms with E-state index in [2.05, 4.69) is 35.4 Å². The fourth-order valence-corrected chi connectivity index (χ4v) is 4.59. The minimum atomic E-state index is -3.10. The Labute approximate surface area is 142 Å². The first-order valence-corrected chi connectivity index (χ1v) is 9.81. The molecule has 1 aromatic carbocycles. The van der Waals surface area contributed by atoms with E-state index >= 15 is 0 Å². The number of carbonyl (C=O) groups is 1. The van der Waals surface area contributed by atoms with Crippen molar-refractivity contribution in [2.75, 3.05) is 5.75 Å². The van der Waals surface area contributed by atoms with Gasteiger partial charge in [-0.05, 0) is 37.5 Å². The summed E-state index contributed by atoms with van der Waals surface area (Å²) in [5, 5.41) is 5.35. The van der Waals surface area contributed by atoms with E-state index in [1.165, 1.54) is 21.9 Å². The molecule has 0 spiro atoms. The van der Waals surface area contributed by atoms with Gasteiger partial charge in [-0.3, -0.25) is 4.79 Å². The first-order valence-electron chi connectivity index (χ1n) is 8.09. The second-order valence-corrected chi connectivity index (χ2v) is 8.59. The van der Waals surface area contributed by atoms with Gasteiger partial charge in [0.05, 0.1) is 5.75 Å². The number of carbonyl (C=O) groups excluding carboxylic acids is 1. The number of rotatable bonds is 5. The highest BCUT2D eigenvalue weighted by Crippen LogP contribution is 2.21. The van der Waals surface area contributed by atoms with E-state index in [0.29, 0.717) is 0 Å². The van der Waals surface area contributed by atoms with Gasteiger partial charge in [-0.2, -0.15) is 0 Å². The zero-order valence-corrected chi connectivity index (χ0v) is 14.7. The number of benzene rings is 1. The van der Waals surface area contributed by atoms with Crippen molar-refractivity contribution in [3.63, 3.8) is 0 Å². The zero-order chi connectivity index (χ0) is 17.3. The lowest BCUT2D eigenvalue weighted by atomic mass is 10.0. The van der Waals surface area contributed by atoms with Crippen LogP contribution in [0.5, 0.6) is 0 Å². The normalized spacial score (nSPS) is 20.3. The van der Waals surface area contributed by atoms with Crippen LogP contribution >= 0.6 is 0 Å². The standard InChI is InChI=1S/C18H22N2O3S/c1-12-3-4-16-15(10-19-17(16)7-12)8-13(2)20-18(21)9-14-5-6-24(22,23)11-14/h3-7,10,13-14,19H,8-9,11H2,1-2H3,(H,20,21). The number of allylic oxidation sites excluding steroid dienone is 1. The van der Waals surface area contributed by atoms with Gasteiger partial charge in [0.2, 0.25) is 5.91 Å². The van der Waals surface area contributed by atoms with Crippen LogP contribution in [0.15, 0.2) is 35.9 Å². The van der Waals surface area contributed by atoms with Crippen LogP contribution in [0.3, 0.4) is 0 Å². The summed E-state index contributed by atoms with van der Waals surface area (Å²) in [5.74, 6) is -0.278. The Bertz CT molecular complexity index is 896. The van der Waals surface area contributed by atoms with Crippen LogP contribution in [0.2, 0.25) is 0 Å². The van der Waals surface area contributed by atoms with Gasteiger partial charge in [0.25, 0.3) is 0 Å². The molecule has 3 rings (SSSR count). The van der Waals surface area contributed by atoms with Gasteiger partial charge in [-0.1, -0.05) is 18.2 Å². The van der Waals surface area contributed by atoms with E-state index in [0.717, 1.165) is 11.9 Å². The van der Waals surface area contributed by atoms with E-state index in [9.17, 15) is 13.2 Å². The van der Waals surface area contributed by atoms with Gasteiger partial charge in [0.1, 0.15) is 0 Å². The molecule has 1 aliphatic rings. The van der Waals surface area contributed by atoms with Crippen LogP contribution < -0.4 is 5.32 Å². The second kappa shape index (κ2) is 6.43. The van der Waals surface area contributed by atoms with Crippen molar-refractivity contribution < 1.29 is 13.2 Å². The number of nitrogens with one attached hydrogen (secondary N) is 2. The molecule has 5 nitrogen and oxygen atoms in total. The third kappa shape index (κ3) is 3.87. The lowest BCUT2D eigenvalue weighted by Gasteiger charge is -2.15. The molecule has 1 aliphatic heterocycles. The first kappa shape index (κ1) is 16.8. The summed E-state index contributed by atoms with van der Waals surface area (Å²) in [6, 6.07) is 6.27. The second-order valence-electron chi connectivity index (χ2n) is 6.66. The average Bonchev–Trinajstić information content (AvgIpc) is 3.01. The summed E-state index contributed by atoms with van der Waals surface area (Å²) in [6.45, 7) is 4.02. The summed E-state index contributed by atoms with van der Waals surface area (Å²) >= 11 is 0. The maximum absolute atomic E-state index is 12.1. The maximum Gasteiger partial charge on any atom is 0.220 e. The van der Waals surface area contributed by atoms with Gasteiger partial charge >= 0.3 is 0 Å². The lowest BCUT2D eigenvalue weighted by Crippen LogP contribution is -2.35. The number of fused-ring (bicyclic) bond motifs is 1. The number of hydrogen-bond acceptors (Lipinski definition) is 3. The van der Waals surface area contributed by atoms with Crippen LogP contribution in [0.4, 0.5) is 0 Å². The predicted molar refractivity (Wildman–Crippen MR) is 95.4 cm³/mol. The van der Waals surface area contributed by atoms with Crippen molar-refractivity contribution in [1.29, 1.82) is 0 Å². The summed E-state index contributed by atoms with van der Waals surface area (Å²) in [5.41, 5.74) is 3.47. The van der Waals surface area contributed by atoms with Crippen LogP contribution in [0.25, 0.3) is 10.9 Å². The molecule has 1 aromatic heterocycles. The molecule has 0 bridgehead atoms. The highest BCUT2D eigenvalue weighted by molar-refractivity contribution is 7.94. The van der Waals surface area contributed by atoms with Crippen molar-refractivity contribution in [2.24, 2.45) is 5.92 Å². The molecule has 2 unspecified atom stereocenters. The molecule has 0 saturated heterocycles.